The number of para-hydroxylation sites is 1. The van der Waals surface area contributed by atoms with Gasteiger partial charge < -0.3 is 10.5 Å². The number of ether oxygens (including phenoxy) is 1. The third-order valence-corrected chi connectivity index (χ3v) is 3.82. The third-order valence-electron chi connectivity index (χ3n) is 3.28. The lowest BCUT2D eigenvalue weighted by Gasteiger charge is -2.13. The first-order valence-corrected chi connectivity index (χ1v) is 8.15. The fraction of sp³-hybridized carbons (Fsp3) is 0. The van der Waals surface area contributed by atoms with E-state index in [1.807, 2.05) is 18.2 Å². The van der Waals surface area contributed by atoms with Crippen molar-refractivity contribution >= 4 is 40.6 Å². The van der Waals surface area contributed by atoms with Crippen molar-refractivity contribution < 1.29 is 9.53 Å². The molecule has 1 heterocycles. The van der Waals surface area contributed by atoms with Gasteiger partial charge in [0.25, 0.3) is 5.91 Å². The summed E-state index contributed by atoms with van der Waals surface area (Å²) in [6.45, 7) is 0. The van der Waals surface area contributed by atoms with Crippen LogP contribution in [0.2, 0.25) is 10.0 Å². The second-order valence-electron chi connectivity index (χ2n) is 5.06. The summed E-state index contributed by atoms with van der Waals surface area (Å²) in [5.41, 5.74) is 11.5. The number of benzene rings is 2. The molecule has 4 N–H and O–H groups in total. The Bertz CT molecular complexity index is 938. The van der Waals surface area contributed by atoms with Crippen LogP contribution in [0.1, 0.15) is 10.4 Å². The molecule has 0 fully saturated rings. The smallest absolute Gasteiger partial charge is 0.271 e. The predicted molar refractivity (Wildman–Crippen MR) is 101 cm³/mol. The summed E-state index contributed by atoms with van der Waals surface area (Å²) < 4.78 is 5.61. The average Bonchev–Trinajstić information content (AvgIpc) is 2.63. The van der Waals surface area contributed by atoms with Crippen LogP contribution in [-0.4, -0.2) is 15.9 Å². The average molecular weight is 390 g/mol. The van der Waals surface area contributed by atoms with Crippen molar-refractivity contribution in [1.82, 2.24) is 15.4 Å². The molecule has 26 heavy (non-hydrogen) atoms. The predicted octanol–water partition coefficient (Wildman–Crippen LogP) is 3.91. The van der Waals surface area contributed by atoms with Crippen LogP contribution in [0.25, 0.3) is 0 Å². The lowest BCUT2D eigenvalue weighted by Crippen LogP contribution is -2.30. The van der Waals surface area contributed by atoms with Gasteiger partial charge in [-0.25, -0.2) is 4.98 Å². The van der Waals surface area contributed by atoms with E-state index in [0.29, 0.717) is 10.8 Å². The Kier molecular flexibility index (Phi) is 5.40. The number of nitrogens with one attached hydrogen (secondary N) is 2. The highest BCUT2D eigenvalue weighted by atomic mass is 35.5. The van der Waals surface area contributed by atoms with Gasteiger partial charge in [0, 0.05) is 5.02 Å². The Hall–Kier alpha value is -3.03. The van der Waals surface area contributed by atoms with Gasteiger partial charge in [-0.2, -0.15) is 4.98 Å². The first-order valence-electron chi connectivity index (χ1n) is 7.39. The topological polar surface area (TPSA) is 102 Å². The molecule has 0 saturated carbocycles. The summed E-state index contributed by atoms with van der Waals surface area (Å²) in [5, 5.41) is 0.655. The van der Waals surface area contributed by atoms with Crippen molar-refractivity contribution in [3.05, 3.63) is 70.5 Å². The molecule has 2 aromatic carbocycles. The number of halogens is 2. The van der Waals surface area contributed by atoms with Crippen molar-refractivity contribution in [1.29, 1.82) is 0 Å². The number of rotatable bonds is 5. The van der Waals surface area contributed by atoms with Crippen molar-refractivity contribution in [2.75, 3.05) is 11.2 Å². The number of hydrogen-bond acceptors (Lipinski definition) is 6. The molecule has 0 spiro atoms. The van der Waals surface area contributed by atoms with E-state index in [4.69, 9.17) is 33.7 Å². The lowest BCUT2D eigenvalue weighted by atomic mass is 10.2. The summed E-state index contributed by atoms with van der Waals surface area (Å²) in [5.74, 6) is 0.438. The molecule has 3 aromatic rings. The number of carbonyl (C=O) groups is 1. The van der Waals surface area contributed by atoms with Crippen LogP contribution in [0, 0.1) is 0 Å². The summed E-state index contributed by atoms with van der Waals surface area (Å²) in [7, 11) is 0. The van der Waals surface area contributed by atoms with E-state index in [9.17, 15) is 4.79 Å². The zero-order chi connectivity index (χ0) is 18.5. The molecule has 1 amide bonds. The highest BCUT2D eigenvalue weighted by Crippen LogP contribution is 2.28. The molecule has 1 aromatic heterocycles. The summed E-state index contributed by atoms with van der Waals surface area (Å²) >= 11 is 11.8. The third kappa shape index (κ3) is 4.14. The van der Waals surface area contributed by atoms with E-state index in [0.717, 1.165) is 0 Å². The number of nitrogen functional groups attached to an aromatic ring is 1. The summed E-state index contributed by atoms with van der Waals surface area (Å²) in [6.07, 6.45) is 1.26. The Morgan fingerprint density at radius 2 is 1.85 bits per heavy atom. The van der Waals surface area contributed by atoms with Gasteiger partial charge in [-0.05, 0) is 30.3 Å². The molecular weight excluding hydrogens is 377 g/mol. The molecule has 0 aliphatic carbocycles. The van der Waals surface area contributed by atoms with Crippen molar-refractivity contribution in [3.63, 3.8) is 0 Å². The van der Waals surface area contributed by atoms with Gasteiger partial charge in [-0.3, -0.25) is 15.6 Å². The molecule has 132 valence electrons. The Morgan fingerprint density at radius 1 is 1.08 bits per heavy atom. The van der Waals surface area contributed by atoms with Gasteiger partial charge in [-0.15, -0.1) is 0 Å². The number of hydrogen-bond donors (Lipinski definition) is 3. The Labute approximate surface area is 159 Å². The minimum Gasteiger partial charge on any atom is -0.437 e. The monoisotopic (exact) mass is 389 g/mol. The maximum Gasteiger partial charge on any atom is 0.271 e. The van der Waals surface area contributed by atoms with Gasteiger partial charge in [0.15, 0.2) is 5.82 Å². The van der Waals surface area contributed by atoms with Crippen molar-refractivity contribution in [2.24, 2.45) is 0 Å². The Morgan fingerprint density at radius 3 is 2.58 bits per heavy atom. The van der Waals surface area contributed by atoms with Crippen LogP contribution < -0.4 is 21.3 Å². The minimum absolute atomic E-state index is 0.138. The fourth-order valence-electron chi connectivity index (χ4n) is 2.02. The second-order valence-corrected chi connectivity index (χ2v) is 5.90. The number of hydrazine groups is 1. The molecule has 0 radical (unpaired) electrons. The number of amides is 1. The number of nitrogens with two attached hydrogens (primary N) is 1. The number of anilines is 2. The minimum atomic E-state index is -0.477. The summed E-state index contributed by atoms with van der Waals surface area (Å²) in [4.78, 5) is 20.2. The summed E-state index contributed by atoms with van der Waals surface area (Å²) in [6, 6.07) is 13.6. The van der Waals surface area contributed by atoms with E-state index < -0.39 is 5.91 Å². The Balaban J connectivity index is 1.72. The maximum absolute atomic E-state index is 12.2. The molecule has 0 aliphatic heterocycles. The quantitative estimate of drug-likeness (QED) is 0.571. The fourth-order valence-corrected chi connectivity index (χ4v) is 2.51. The molecule has 9 heteroatoms. The van der Waals surface area contributed by atoms with E-state index in [1.54, 1.807) is 18.2 Å². The van der Waals surface area contributed by atoms with E-state index in [-0.39, 0.29) is 28.0 Å². The molecule has 0 bridgehead atoms. The van der Waals surface area contributed by atoms with Crippen molar-refractivity contribution in [3.8, 4) is 11.6 Å². The van der Waals surface area contributed by atoms with Gasteiger partial charge in [-0.1, -0.05) is 41.4 Å². The highest BCUT2D eigenvalue weighted by molar-refractivity contribution is 6.36. The van der Waals surface area contributed by atoms with Gasteiger partial charge in [0.1, 0.15) is 17.8 Å². The van der Waals surface area contributed by atoms with Crippen LogP contribution in [0.5, 0.6) is 11.6 Å². The second kappa shape index (κ2) is 7.90. The van der Waals surface area contributed by atoms with Crippen LogP contribution in [0.4, 0.5) is 11.5 Å². The number of aromatic nitrogens is 2. The molecular formula is C17H13Cl2N5O2. The van der Waals surface area contributed by atoms with Crippen LogP contribution in [0.3, 0.4) is 0 Å². The SMILES string of the molecule is Nc1c(NNC(=O)c2ccc(Cl)cc2Cl)ncnc1Oc1ccccc1. The first-order chi connectivity index (χ1) is 12.5. The van der Waals surface area contributed by atoms with E-state index >= 15 is 0 Å². The van der Waals surface area contributed by atoms with Crippen LogP contribution >= 0.6 is 23.2 Å². The van der Waals surface area contributed by atoms with Crippen LogP contribution in [-0.2, 0) is 0 Å². The molecule has 0 unspecified atom stereocenters. The molecule has 0 saturated heterocycles. The normalized spacial score (nSPS) is 10.2. The highest BCUT2D eigenvalue weighted by Gasteiger charge is 2.14. The standard InChI is InChI=1S/C17H13Cl2N5O2/c18-10-6-7-12(13(19)8-10)16(25)24-23-15-14(20)17(22-9-21-15)26-11-4-2-1-3-5-11/h1-9H,20H2,(H,24,25)(H,21,22,23). The lowest BCUT2D eigenvalue weighted by molar-refractivity contribution is 0.0962. The van der Waals surface area contributed by atoms with Gasteiger partial charge >= 0.3 is 0 Å². The first kappa shape index (κ1) is 17.8. The molecule has 0 atom stereocenters. The molecule has 7 nitrogen and oxygen atoms in total. The van der Waals surface area contributed by atoms with E-state index in [2.05, 4.69) is 20.8 Å². The largest absolute Gasteiger partial charge is 0.437 e. The zero-order valence-electron chi connectivity index (χ0n) is 13.2. The maximum atomic E-state index is 12.2. The zero-order valence-corrected chi connectivity index (χ0v) is 14.8. The molecule has 0 aliphatic rings. The molecule has 3 rings (SSSR count). The van der Waals surface area contributed by atoms with Crippen molar-refractivity contribution in [2.45, 2.75) is 0 Å². The van der Waals surface area contributed by atoms with Crippen LogP contribution in [0.15, 0.2) is 54.9 Å². The van der Waals surface area contributed by atoms with Gasteiger partial charge in [0.05, 0.1) is 10.6 Å². The number of carbonyl (C=O) groups excluding carboxylic acids is 1. The number of nitrogens with zero attached hydrogens (tertiary/aromatic N) is 2. The van der Waals surface area contributed by atoms with E-state index in [1.165, 1.54) is 18.5 Å². The van der Waals surface area contributed by atoms with Gasteiger partial charge in [0.2, 0.25) is 5.88 Å².